The van der Waals surface area contributed by atoms with Crippen LogP contribution in [0.1, 0.15) is 5.56 Å². The summed E-state index contributed by atoms with van der Waals surface area (Å²) in [5.41, 5.74) is 8.52. The number of nitrogens with one attached hydrogen (secondary N) is 2. The summed E-state index contributed by atoms with van der Waals surface area (Å²) in [6.45, 7) is 0. The van der Waals surface area contributed by atoms with Crippen LogP contribution in [0.4, 0.5) is 5.69 Å². The summed E-state index contributed by atoms with van der Waals surface area (Å²) >= 11 is 0. The maximum absolute atomic E-state index is 5.33. The molecule has 0 amide bonds. The molecule has 0 radical (unpaired) electrons. The minimum Gasteiger partial charge on any atom is -0.497 e. The molecule has 0 unspecified atom stereocenters. The van der Waals surface area contributed by atoms with Gasteiger partial charge in [0.15, 0.2) is 0 Å². The molecule has 2 heterocycles. The van der Waals surface area contributed by atoms with Crippen LogP contribution in [-0.2, 0) is 0 Å². The van der Waals surface area contributed by atoms with E-state index in [0.29, 0.717) is 0 Å². The van der Waals surface area contributed by atoms with E-state index in [9.17, 15) is 0 Å². The number of para-hydroxylation sites is 2. The zero-order valence-electron chi connectivity index (χ0n) is 18.7. The Morgan fingerprint density at radius 2 is 1.50 bits per heavy atom. The average Bonchev–Trinajstić information content (AvgIpc) is 3.49. The Bertz CT molecular complexity index is 1600. The molecule has 0 fully saturated rings. The lowest BCUT2D eigenvalue weighted by atomic mass is 10.1. The Morgan fingerprint density at radius 1 is 0.706 bits per heavy atom. The average molecular weight is 442 g/mol. The second-order valence-electron chi connectivity index (χ2n) is 8.27. The number of hydrogen-bond acceptors (Lipinski definition) is 2. The maximum Gasteiger partial charge on any atom is 0.118 e. The largest absolute Gasteiger partial charge is 0.497 e. The number of hydrogen-bond donors (Lipinski definition) is 2. The van der Waals surface area contributed by atoms with Crippen molar-refractivity contribution >= 4 is 33.7 Å². The topological polar surface area (TPSA) is 53.2 Å². The van der Waals surface area contributed by atoms with Crippen LogP contribution in [0, 0.1) is 0 Å². The SMILES string of the molecule is COc1ccc(-c2[nH]c3ccccc3c2C=Nc2cccc(-c3cc4ccccc4[nH]3)c2)cc1. The van der Waals surface area contributed by atoms with Crippen LogP contribution in [0.5, 0.6) is 5.75 Å². The van der Waals surface area contributed by atoms with Gasteiger partial charge in [-0.05, 0) is 60.2 Å². The Hall–Kier alpha value is -4.57. The fraction of sp³-hybridized carbons (Fsp3) is 0.0333. The van der Waals surface area contributed by atoms with Gasteiger partial charge in [0.25, 0.3) is 0 Å². The van der Waals surface area contributed by atoms with E-state index in [2.05, 4.69) is 76.7 Å². The van der Waals surface area contributed by atoms with Gasteiger partial charge in [-0.1, -0.05) is 48.5 Å². The third-order valence-corrected chi connectivity index (χ3v) is 6.15. The van der Waals surface area contributed by atoms with E-state index >= 15 is 0 Å². The van der Waals surface area contributed by atoms with E-state index in [1.165, 1.54) is 5.39 Å². The first-order chi connectivity index (χ1) is 16.8. The van der Waals surface area contributed by atoms with Crippen LogP contribution < -0.4 is 4.74 Å². The zero-order chi connectivity index (χ0) is 22.9. The summed E-state index contributed by atoms with van der Waals surface area (Å²) < 4.78 is 5.33. The van der Waals surface area contributed by atoms with Gasteiger partial charge in [-0.3, -0.25) is 4.99 Å². The summed E-state index contributed by atoms with van der Waals surface area (Å²) in [6, 6.07) is 35.2. The molecule has 4 nitrogen and oxygen atoms in total. The van der Waals surface area contributed by atoms with Gasteiger partial charge in [0.2, 0.25) is 0 Å². The molecule has 0 saturated heterocycles. The van der Waals surface area contributed by atoms with Gasteiger partial charge in [0.05, 0.1) is 18.5 Å². The second-order valence-corrected chi connectivity index (χ2v) is 8.27. The van der Waals surface area contributed by atoms with Crippen molar-refractivity contribution in [3.05, 3.63) is 109 Å². The molecule has 164 valence electrons. The molecule has 0 spiro atoms. The maximum atomic E-state index is 5.33. The van der Waals surface area contributed by atoms with E-state index in [1.807, 2.05) is 42.6 Å². The molecule has 6 aromatic rings. The lowest BCUT2D eigenvalue weighted by molar-refractivity contribution is 0.415. The van der Waals surface area contributed by atoms with Crippen molar-refractivity contribution in [3.63, 3.8) is 0 Å². The number of aliphatic imine (C=N–C) groups is 1. The molecule has 34 heavy (non-hydrogen) atoms. The normalized spacial score (nSPS) is 11.6. The highest BCUT2D eigenvalue weighted by molar-refractivity contribution is 6.06. The Labute approximate surface area is 197 Å². The molecule has 2 aromatic heterocycles. The van der Waals surface area contributed by atoms with E-state index in [-0.39, 0.29) is 0 Å². The number of nitrogens with zero attached hydrogens (tertiary/aromatic N) is 1. The highest BCUT2D eigenvalue weighted by Crippen LogP contribution is 2.31. The Balaban J connectivity index is 1.40. The van der Waals surface area contributed by atoms with Crippen LogP contribution in [0.25, 0.3) is 44.3 Å². The molecule has 0 aliphatic heterocycles. The number of ether oxygens (including phenoxy) is 1. The molecule has 0 bridgehead atoms. The van der Waals surface area contributed by atoms with E-state index in [4.69, 9.17) is 9.73 Å². The highest BCUT2D eigenvalue weighted by Gasteiger charge is 2.12. The van der Waals surface area contributed by atoms with Crippen molar-refractivity contribution in [1.29, 1.82) is 0 Å². The predicted octanol–water partition coefficient (Wildman–Crippen LogP) is 7.74. The van der Waals surface area contributed by atoms with Gasteiger partial charge in [-0.2, -0.15) is 0 Å². The molecule has 6 rings (SSSR count). The second kappa shape index (κ2) is 8.41. The summed E-state index contributed by atoms with van der Waals surface area (Å²) in [6.07, 6.45) is 1.96. The van der Waals surface area contributed by atoms with Crippen LogP contribution >= 0.6 is 0 Å². The quantitative estimate of drug-likeness (QED) is 0.264. The first-order valence-corrected chi connectivity index (χ1v) is 11.3. The molecule has 2 N–H and O–H groups in total. The summed E-state index contributed by atoms with van der Waals surface area (Å²) in [4.78, 5) is 12.0. The Morgan fingerprint density at radius 3 is 2.32 bits per heavy atom. The predicted molar refractivity (Wildman–Crippen MR) is 141 cm³/mol. The molecular formula is C30H23N3O. The number of aromatic amines is 2. The van der Waals surface area contributed by atoms with Crippen molar-refractivity contribution in [1.82, 2.24) is 9.97 Å². The molecule has 4 aromatic carbocycles. The number of benzene rings is 4. The number of methoxy groups -OCH3 is 1. The third-order valence-electron chi connectivity index (χ3n) is 6.15. The standard InChI is InChI=1S/C30H23N3O/c1-34-24-15-13-20(14-16-24)30-26(25-10-3-5-12-28(25)33-30)19-31-23-9-6-8-21(17-23)29-18-22-7-2-4-11-27(22)32-29/h2-19,32-33H,1H3. The molecule has 4 heteroatoms. The zero-order valence-corrected chi connectivity index (χ0v) is 18.7. The summed E-state index contributed by atoms with van der Waals surface area (Å²) in [5.74, 6) is 0.837. The van der Waals surface area contributed by atoms with Gasteiger partial charge in [0.1, 0.15) is 5.75 Å². The van der Waals surface area contributed by atoms with Crippen molar-refractivity contribution in [2.45, 2.75) is 0 Å². The summed E-state index contributed by atoms with van der Waals surface area (Å²) in [5, 5.41) is 2.35. The van der Waals surface area contributed by atoms with Crippen molar-refractivity contribution in [2.24, 2.45) is 4.99 Å². The first-order valence-electron chi connectivity index (χ1n) is 11.3. The number of aromatic nitrogens is 2. The molecular weight excluding hydrogens is 418 g/mol. The minimum absolute atomic E-state index is 0.837. The Kier molecular flexibility index (Phi) is 4.96. The molecule has 0 atom stereocenters. The van der Waals surface area contributed by atoms with Gasteiger partial charge in [0, 0.05) is 44.8 Å². The van der Waals surface area contributed by atoms with Crippen molar-refractivity contribution in [3.8, 4) is 28.3 Å². The molecule has 0 saturated carbocycles. The van der Waals surface area contributed by atoms with Crippen LogP contribution in [0.15, 0.2) is 108 Å². The number of fused-ring (bicyclic) bond motifs is 2. The van der Waals surface area contributed by atoms with Crippen LogP contribution in [0.2, 0.25) is 0 Å². The van der Waals surface area contributed by atoms with Crippen molar-refractivity contribution < 1.29 is 4.74 Å². The van der Waals surface area contributed by atoms with Gasteiger partial charge in [-0.15, -0.1) is 0 Å². The number of rotatable bonds is 5. The van der Waals surface area contributed by atoms with Gasteiger partial charge < -0.3 is 14.7 Å². The van der Waals surface area contributed by atoms with E-state index < -0.39 is 0 Å². The minimum atomic E-state index is 0.837. The molecule has 0 aliphatic rings. The van der Waals surface area contributed by atoms with E-state index in [1.54, 1.807) is 7.11 Å². The lowest BCUT2D eigenvalue weighted by Gasteiger charge is -2.04. The first kappa shape index (κ1) is 20.1. The van der Waals surface area contributed by atoms with Crippen LogP contribution in [-0.4, -0.2) is 23.3 Å². The smallest absolute Gasteiger partial charge is 0.118 e. The third kappa shape index (κ3) is 3.65. The highest BCUT2D eigenvalue weighted by atomic mass is 16.5. The van der Waals surface area contributed by atoms with Gasteiger partial charge >= 0.3 is 0 Å². The van der Waals surface area contributed by atoms with Crippen molar-refractivity contribution in [2.75, 3.05) is 7.11 Å². The van der Waals surface area contributed by atoms with Gasteiger partial charge in [-0.25, -0.2) is 0 Å². The molecule has 0 aliphatic carbocycles. The number of H-pyrrole nitrogens is 2. The fourth-order valence-electron chi connectivity index (χ4n) is 4.40. The van der Waals surface area contributed by atoms with E-state index in [0.717, 1.165) is 55.9 Å². The monoisotopic (exact) mass is 441 g/mol. The van der Waals surface area contributed by atoms with Crippen LogP contribution in [0.3, 0.4) is 0 Å². The lowest BCUT2D eigenvalue weighted by Crippen LogP contribution is -1.87. The summed E-state index contributed by atoms with van der Waals surface area (Å²) in [7, 11) is 1.68. The fourth-order valence-corrected chi connectivity index (χ4v) is 4.40.